The minimum Gasteiger partial charge on any atom is -0.394 e. The van der Waals surface area contributed by atoms with Crippen LogP contribution in [0, 0.1) is 0 Å². The Balaban J connectivity index is 1.54. The van der Waals surface area contributed by atoms with Crippen LogP contribution in [0.2, 0.25) is 0 Å². The lowest BCUT2D eigenvalue weighted by atomic mass is 9.95. The standard InChI is InChI=1S/C32H58O21/c1-39-10-14-17(34)25(42-4)21(38)29(48-14)51-23-15(11-40-2)49-32(27(44-6)19(23)36)53-24-16(12-41-3)50-31(28(45-7)20(24)37)52-22-13(9-33)47-30(46-8)26(43-5)18(22)35/h13-38H,9-12H2,1-8H3/t13-,14?,15-,16?,17+,18?,19?,20?,21-,22+,23+,24+,25?,26?,27?,28-,29-,30+,31-,32-/m0/s1. The van der Waals surface area contributed by atoms with Crippen molar-refractivity contribution in [1.82, 2.24) is 0 Å². The fourth-order valence-electron chi connectivity index (χ4n) is 7.15. The molecule has 0 aromatic carbocycles. The SMILES string of the molecule is COCC1O[C@@H](O[C@H]2C(O)C(OC)[C@H](O[C@@H]3C(COC)O[C@@H](O[C@H]4C(O)C(OC)[C@H](OC)O[C@H]4CO)[C@@H](OC)C3O)O[C@H]2COC)[C@@H](O)C(OC)[C@@H]1O. The van der Waals surface area contributed by atoms with E-state index in [0.29, 0.717) is 0 Å². The average Bonchev–Trinajstić information content (AvgIpc) is 3.14. The molecule has 312 valence electrons. The molecule has 0 bridgehead atoms. The maximum absolute atomic E-state index is 11.7. The maximum atomic E-state index is 11.7. The zero-order valence-electron chi connectivity index (χ0n) is 31.2. The van der Waals surface area contributed by atoms with E-state index < -0.39 is 129 Å². The van der Waals surface area contributed by atoms with Crippen LogP contribution in [-0.4, -0.2) is 237 Å². The van der Waals surface area contributed by atoms with Gasteiger partial charge in [0, 0.05) is 56.9 Å². The first-order valence-corrected chi connectivity index (χ1v) is 17.2. The van der Waals surface area contributed by atoms with Gasteiger partial charge in [-0.25, -0.2) is 0 Å². The largest absolute Gasteiger partial charge is 0.394 e. The molecule has 4 aliphatic heterocycles. The summed E-state index contributed by atoms with van der Waals surface area (Å²) in [5, 5.41) is 66.2. The van der Waals surface area contributed by atoms with Crippen molar-refractivity contribution in [2.75, 3.05) is 83.3 Å². The molecular formula is C32H58O21. The summed E-state index contributed by atoms with van der Waals surface area (Å²) in [7, 11) is 10.9. The summed E-state index contributed by atoms with van der Waals surface area (Å²) in [5.74, 6) is 0. The summed E-state index contributed by atoms with van der Waals surface area (Å²) < 4.78 is 85.6. The summed E-state index contributed by atoms with van der Waals surface area (Å²) >= 11 is 0. The number of methoxy groups -OCH3 is 8. The van der Waals surface area contributed by atoms with Gasteiger partial charge in [0.1, 0.15) is 97.7 Å². The first-order chi connectivity index (χ1) is 25.5. The number of hydrogen-bond acceptors (Lipinski definition) is 21. The molecule has 0 saturated carbocycles. The minimum absolute atomic E-state index is 0.0444. The van der Waals surface area contributed by atoms with E-state index in [9.17, 15) is 30.6 Å². The summed E-state index contributed by atoms with van der Waals surface area (Å²) in [4.78, 5) is 0. The molecule has 4 rings (SSSR count). The summed E-state index contributed by atoms with van der Waals surface area (Å²) in [6, 6.07) is 0. The first kappa shape index (κ1) is 44.9. The van der Waals surface area contributed by atoms with Crippen molar-refractivity contribution in [3.63, 3.8) is 0 Å². The van der Waals surface area contributed by atoms with E-state index in [0.717, 1.165) is 0 Å². The Hall–Kier alpha value is -0.840. The van der Waals surface area contributed by atoms with Gasteiger partial charge in [-0.2, -0.15) is 0 Å². The van der Waals surface area contributed by atoms with Crippen LogP contribution in [-0.2, 0) is 71.1 Å². The van der Waals surface area contributed by atoms with Gasteiger partial charge in [-0.1, -0.05) is 0 Å². The number of ether oxygens (including phenoxy) is 15. The van der Waals surface area contributed by atoms with Crippen LogP contribution in [0.4, 0.5) is 0 Å². The van der Waals surface area contributed by atoms with E-state index in [1.54, 1.807) is 0 Å². The van der Waals surface area contributed by atoms with Crippen molar-refractivity contribution < 1.29 is 102 Å². The lowest BCUT2D eigenvalue weighted by Gasteiger charge is -2.50. The van der Waals surface area contributed by atoms with Crippen LogP contribution in [0.3, 0.4) is 0 Å². The van der Waals surface area contributed by atoms with Gasteiger partial charge in [0.25, 0.3) is 0 Å². The molecule has 4 fully saturated rings. The Morgan fingerprint density at radius 2 is 0.717 bits per heavy atom. The van der Waals surface area contributed by atoms with E-state index in [4.69, 9.17) is 71.1 Å². The van der Waals surface area contributed by atoms with E-state index in [1.807, 2.05) is 0 Å². The van der Waals surface area contributed by atoms with Crippen LogP contribution in [0.5, 0.6) is 0 Å². The molecule has 4 saturated heterocycles. The minimum atomic E-state index is -1.49. The van der Waals surface area contributed by atoms with Crippen LogP contribution >= 0.6 is 0 Å². The molecule has 0 radical (unpaired) electrons. The molecule has 0 aromatic rings. The van der Waals surface area contributed by atoms with E-state index in [-0.39, 0.29) is 19.8 Å². The zero-order valence-corrected chi connectivity index (χ0v) is 31.2. The second-order valence-electron chi connectivity index (χ2n) is 13.0. The highest BCUT2D eigenvalue weighted by molar-refractivity contribution is 4.99. The molecule has 20 atom stereocenters. The molecular weight excluding hydrogens is 720 g/mol. The van der Waals surface area contributed by atoms with Crippen LogP contribution in [0.25, 0.3) is 0 Å². The Bertz CT molecular complexity index is 1040. The third-order valence-corrected chi connectivity index (χ3v) is 9.86. The topological polar surface area (TPSA) is 260 Å². The molecule has 21 nitrogen and oxygen atoms in total. The highest BCUT2D eigenvalue weighted by atomic mass is 16.8. The van der Waals surface area contributed by atoms with Gasteiger partial charge in [0.2, 0.25) is 0 Å². The number of rotatable bonds is 18. The van der Waals surface area contributed by atoms with Gasteiger partial charge in [-0.3, -0.25) is 0 Å². The first-order valence-electron chi connectivity index (χ1n) is 17.2. The highest BCUT2D eigenvalue weighted by Crippen LogP contribution is 2.36. The molecule has 6 N–H and O–H groups in total. The Labute approximate surface area is 307 Å². The summed E-state index contributed by atoms with van der Waals surface area (Å²) in [5.41, 5.74) is 0. The van der Waals surface area contributed by atoms with Crippen molar-refractivity contribution in [3.05, 3.63) is 0 Å². The van der Waals surface area contributed by atoms with Gasteiger partial charge in [-0.05, 0) is 0 Å². The van der Waals surface area contributed by atoms with Crippen molar-refractivity contribution in [2.24, 2.45) is 0 Å². The van der Waals surface area contributed by atoms with Crippen molar-refractivity contribution in [3.8, 4) is 0 Å². The highest BCUT2D eigenvalue weighted by Gasteiger charge is 2.56. The Morgan fingerprint density at radius 1 is 0.358 bits per heavy atom. The average molecular weight is 779 g/mol. The molecule has 4 aliphatic rings. The second-order valence-corrected chi connectivity index (χ2v) is 13.0. The molecule has 0 amide bonds. The molecule has 0 aliphatic carbocycles. The summed E-state index contributed by atoms with van der Waals surface area (Å²) in [6.45, 7) is -0.870. The van der Waals surface area contributed by atoms with Gasteiger partial charge >= 0.3 is 0 Å². The lowest BCUT2D eigenvalue weighted by molar-refractivity contribution is -0.391. The van der Waals surface area contributed by atoms with E-state index in [1.165, 1.54) is 56.9 Å². The predicted octanol–water partition coefficient (Wildman–Crippen LogP) is -4.52. The third kappa shape index (κ3) is 9.83. The molecule has 0 spiro atoms. The van der Waals surface area contributed by atoms with Crippen LogP contribution in [0.15, 0.2) is 0 Å². The normalized spacial score (nSPS) is 46.8. The smallest absolute Gasteiger partial charge is 0.187 e. The zero-order chi connectivity index (χ0) is 39.0. The molecule has 21 heteroatoms. The molecule has 8 unspecified atom stereocenters. The second kappa shape index (κ2) is 21.1. The fraction of sp³-hybridized carbons (Fsp3) is 1.00. The van der Waals surface area contributed by atoms with Crippen molar-refractivity contribution >= 4 is 0 Å². The van der Waals surface area contributed by atoms with Gasteiger partial charge < -0.3 is 102 Å². The Kier molecular flexibility index (Phi) is 17.8. The Morgan fingerprint density at radius 3 is 1.11 bits per heavy atom. The molecule has 0 aromatic heterocycles. The monoisotopic (exact) mass is 778 g/mol. The third-order valence-electron chi connectivity index (χ3n) is 9.86. The van der Waals surface area contributed by atoms with E-state index in [2.05, 4.69) is 0 Å². The van der Waals surface area contributed by atoms with Crippen LogP contribution < -0.4 is 0 Å². The predicted molar refractivity (Wildman–Crippen MR) is 172 cm³/mol. The number of hydrogen-bond donors (Lipinski definition) is 6. The van der Waals surface area contributed by atoms with Crippen molar-refractivity contribution in [1.29, 1.82) is 0 Å². The maximum Gasteiger partial charge on any atom is 0.187 e. The van der Waals surface area contributed by atoms with E-state index >= 15 is 0 Å². The van der Waals surface area contributed by atoms with Gasteiger partial charge in [0.05, 0.1) is 26.4 Å². The van der Waals surface area contributed by atoms with Crippen LogP contribution in [0.1, 0.15) is 0 Å². The molecule has 53 heavy (non-hydrogen) atoms. The van der Waals surface area contributed by atoms with Gasteiger partial charge in [0.15, 0.2) is 25.2 Å². The van der Waals surface area contributed by atoms with Crippen molar-refractivity contribution in [2.45, 2.75) is 123 Å². The van der Waals surface area contributed by atoms with Gasteiger partial charge in [-0.15, -0.1) is 0 Å². The summed E-state index contributed by atoms with van der Waals surface area (Å²) in [6.07, 6.45) is -24.6. The number of aliphatic hydroxyl groups excluding tert-OH is 6. The quantitative estimate of drug-likeness (QED) is 0.0766. The fourth-order valence-corrected chi connectivity index (χ4v) is 7.15. The lowest BCUT2D eigenvalue weighted by Crippen LogP contribution is -2.68. The number of aliphatic hydroxyl groups is 6. The molecule has 4 heterocycles.